The van der Waals surface area contributed by atoms with Crippen LogP contribution in [0, 0.1) is 5.41 Å². The van der Waals surface area contributed by atoms with E-state index in [0.29, 0.717) is 12.0 Å². The molecule has 2 saturated heterocycles. The number of hydrogen-bond acceptors (Lipinski definition) is 3. The first-order chi connectivity index (χ1) is 12.1. The Morgan fingerprint density at radius 3 is 2.72 bits per heavy atom. The van der Waals surface area contributed by atoms with Crippen molar-refractivity contribution >= 4 is 6.03 Å². The van der Waals surface area contributed by atoms with Gasteiger partial charge in [-0.2, -0.15) is 0 Å². The Morgan fingerprint density at radius 1 is 1.16 bits per heavy atom. The average Bonchev–Trinajstić information content (AvgIpc) is 3.02. The summed E-state index contributed by atoms with van der Waals surface area (Å²) in [5, 5.41) is 0. The molecule has 25 heavy (non-hydrogen) atoms. The molecule has 5 nitrogen and oxygen atoms in total. The Hall–Kier alpha value is -1.59. The second kappa shape index (κ2) is 8.19. The maximum atomic E-state index is 12.2. The Kier molecular flexibility index (Phi) is 5.97. The van der Waals surface area contributed by atoms with Crippen molar-refractivity contribution in [3.63, 3.8) is 0 Å². The van der Waals surface area contributed by atoms with Gasteiger partial charge in [-0.25, -0.2) is 4.79 Å². The minimum Gasteiger partial charge on any atom is -0.375 e. The number of carbonyl (C=O) groups excluding carboxylic acids is 1. The number of hydrogen-bond donors (Lipinski definition) is 0. The lowest BCUT2D eigenvalue weighted by atomic mass is 9.79. The van der Waals surface area contributed by atoms with Gasteiger partial charge in [0.05, 0.1) is 13.2 Å². The molecule has 0 unspecified atom stereocenters. The van der Waals surface area contributed by atoms with Gasteiger partial charge in [-0.1, -0.05) is 30.3 Å². The quantitative estimate of drug-likeness (QED) is 0.770. The third kappa shape index (κ3) is 4.73. The zero-order chi connectivity index (χ0) is 17.7. The molecule has 1 atom stereocenters. The van der Waals surface area contributed by atoms with Gasteiger partial charge in [0.15, 0.2) is 0 Å². The summed E-state index contributed by atoms with van der Waals surface area (Å²) in [4.78, 5) is 18.5. The monoisotopic (exact) mass is 345 g/mol. The van der Waals surface area contributed by atoms with E-state index in [4.69, 9.17) is 4.74 Å². The highest BCUT2D eigenvalue weighted by Gasteiger charge is 2.42. The lowest BCUT2D eigenvalue weighted by Gasteiger charge is -2.40. The van der Waals surface area contributed by atoms with Crippen molar-refractivity contribution in [1.82, 2.24) is 14.7 Å². The topological polar surface area (TPSA) is 36.0 Å². The molecule has 1 aromatic carbocycles. The van der Waals surface area contributed by atoms with E-state index in [1.807, 2.05) is 37.2 Å². The Labute approximate surface area is 151 Å². The third-order valence-electron chi connectivity index (χ3n) is 5.50. The molecule has 138 valence electrons. The molecular formula is C20H31N3O2. The molecule has 1 spiro atoms. The molecule has 2 aliphatic rings. The van der Waals surface area contributed by atoms with Crippen LogP contribution in [0.3, 0.4) is 0 Å². The van der Waals surface area contributed by atoms with Gasteiger partial charge in [-0.3, -0.25) is 0 Å². The molecule has 0 N–H and O–H groups in total. The van der Waals surface area contributed by atoms with Crippen LogP contribution in [0.4, 0.5) is 4.79 Å². The zero-order valence-corrected chi connectivity index (χ0v) is 15.6. The second-order valence-corrected chi connectivity index (χ2v) is 7.77. The minimum absolute atomic E-state index is 0.153. The predicted octanol–water partition coefficient (Wildman–Crippen LogP) is 2.67. The summed E-state index contributed by atoms with van der Waals surface area (Å²) in [6, 6.07) is 10.5. The van der Waals surface area contributed by atoms with Gasteiger partial charge >= 0.3 is 6.03 Å². The van der Waals surface area contributed by atoms with E-state index in [1.165, 1.54) is 18.4 Å². The predicted molar refractivity (Wildman–Crippen MR) is 99.5 cm³/mol. The molecule has 2 amide bonds. The van der Waals surface area contributed by atoms with Crippen LogP contribution in [0.15, 0.2) is 30.3 Å². The molecule has 0 aromatic heterocycles. The molecule has 1 aromatic rings. The highest BCUT2D eigenvalue weighted by molar-refractivity contribution is 5.74. The van der Waals surface area contributed by atoms with Crippen molar-refractivity contribution in [2.75, 3.05) is 53.4 Å². The van der Waals surface area contributed by atoms with Gasteiger partial charge < -0.3 is 19.4 Å². The van der Waals surface area contributed by atoms with Gasteiger partial charge in [0.1, 0.15) is 0 Å². The molecule has 0 bridgehead atoms. The number of carbonyl (C=O) groups is 1. The zero-order valence-electron chi connectivity index (χ0n) is 15.6. The number of benzene rings is 1. The van der Waals surface area contributed by atoms with Gasteiger partial charge in [0.2, 0.25) is 0 Å². The number of urea groups is 1. The normalized spacial score (nSPS) is 24.0. The Morgan fingerprint density at radius 2 is 1.96 bits per heavy atom. The van der Waals surface area contributed by atoms with Crippen LogP contribution in [0.1, 0.15) is 24.8 Å². The highest BCUT2D eigenvalue weighted by Crippen LogP contribution is 2.39. The first-order valence-electron chi connectivity index (χ1n) is 9.38. The average molecular weight is 345 g/mol. The van der Waals surface area contributed by atoms with E-state index in [2.05, 4.69) is 17.0 Å². The van der Waals surface area contributed by atoms with Crippen LogP contribution in [0.5, 0.6) is 0 Å². The second-order valence-electron chi connectivity index (χ2n) is 7.77. The molecular weight excluding hydrogens is 314 g/mol. The van der Waals surface area contributed by atoms with E-state index in [9.17, 15) is 4.79 Å². The first-order valence-corrected chi connectivity index (χ1v) is 9.38. The molecule has 5 heteroatoms. The summed E-state index contributed by atoms with van der Waals surface area (Å²) < 4.78 is 5.85. The fraction of sp³-hybridized carbons (Fsp3) is 0.650. The highest BCUT2D eigenvalue weighted by atomic mass is 16.5. The number of amides is 2. The first kappa shape index (κ1) is 18.2. The fourth-order valence-electron chi connectivity index (χ4n) is 4.17. The van der Waals surface area contributed by atoms with Crippen LogP contribution in [0.2, 0.25) is 0 Å². The molecule has 2 aliphatic heterocycles. The lowest BCUT2D eigenvalue weighted by molar-refractivity contribution is 0.0496. The van der Waals surface area contributed by atoms with E-state index < -0.39 is 0 Å². The van der Waals surface area contributed by atoms with Gasteiger partial charge in [-0.05, 0) is 31.4 Å². The summed E-state index contributed by atoms with van der Waals surface area (Å²) in [6.07, 6.45) is 3.60. The molecule has 0 radical (unpaired) electrons. The van der Waals surface area contributed by atoms with Crippen LogP contribution >= 0.6 is 0 Å². The van der Waals surface area contributed by atoms with Crippen LogP contribution in [-0.4, -0.2) is 74.2 Å². The van der Waals surface area contributed by atoms with E-state index in [-0.39, 0.29) is 6.03 Å². The summed E-state index contributed by atoms with van der Waals surface area (Å²) >= 11 is 0. The van der Waals surface area contributed by atoms with E-state index in [1.54, 1.807) is 4.90 Å². The number of likely N-dealkylation sites (tertiary alicyclic amines) is 2. The maximum Gasteiger partial charge on any atom is 0.319 e. The van der Waals surface area contributed by atoms with Crippen molar-refractivity contribution in [3.05, 3.63) is 35.9 Å². The smallest absolute Gasteiger partial charge is 0.319 e. The van der Waals surface area contributed by atoms with Crippen LogP contribution < -0.4 is 0 Å². The summed E-state index contributed by atoms with van der Waals surface area (Å²) in [6.45, 7) is 6.49. The molecule has 0 saturated carbocycles. The van der Waals surface area contributed by atoms with E-state index in [0.717, 1.165) is 45.8 Å². The summed E-state index contributed by atoms with van der Waals surface area (Å²) in [5.41, 5.74) is 1.52. The van der Waals surface area contributed by atoms with Crippen molar-refractivity contribution < 1.29 is 9.53 Å². The van der Waals surface area contributed by atoms with Gasteiger partial charge in [0, 0.05) is 45.7 Å². The third-order valence-corrected chi connectivity index (χ3v) is 5.50. The number of nitrogens with zero attached hydrogens (tertiary/aromatic N) is 3. The van der Waals surface area contributed by atoms with Crippen molar-refractivity contribution in [2.24, 2.45) is 5.41 Å². The summed E-state index contributed by atoms with van der Waals surface area (Å²) in [7, 11) is 3.68. The Balaban J connectivity index is 1.43. The van der Waals surface area contributed by atoms with Gasteiger partial charge in [0.25, 0.3) is 0 Å². The molecule has 3 rings (SSSR count). The van der Waals surface area contributed by atoms with Gasteiger partial charge in [-0.15, -0.1) is 0 Å². The summed E-state index contributed by atoms with van der Waals surface area (Å²) in [5.74, 6) is 0. The SMILES string of the molecule is CN(C)C(=O)N1CC[C@]2(CCCN(CCOCc3ccccc3)C2)C1. The molecule has 2 fully saturated rings. The lowest BCUT2D eigenvalue weighted by Crippen LogP contribution is -2.47. The fourth-order valence-corrected chi connectivity index (χ4v) is 4.17. The van der Waals surface area contributed by atoms with Crippen molar-refractivity contribution in [3.8, 4) is 0 Å². The molecule has 0 aliphatic carbocycles. The number of ether oxygens (including phenoxy) is 1. The number of piperidine rings is 1. The maximum absolute atomic E-state index is 12.2. The van der Waals surface area contributed by atoms with Crippen LogP contribution in [0.25, 0.3) is 0 Å². The molecule has 2 heterocycles. The van der Waals surface area contributed by atoms with Crippen molar-refractivity contribution in [2.45, 2.75) is 25.9 Å². The van der Waals surface area contributed by atoms with Crippen molar-refractivity contribution in [1.29, 1.82) is 0 Å². The van der Waals surface area contributed by atoms with E-state index >= 15 is 0 Å². The van der Waals surface area contributed by atoms with Crippen LogP contribution in [-0.2, 0) is 11.3 Å². The minimum atomic E-state index is 0.153. The standard InChI is InChI=1S/C20H31N3O2/c1-21(2)19(24)23-12-10-20(17-23)9-6-11-22(16-20)13-14-25-15-18-7-4-3-5-8-18/h3-5,7-8H,6,9-17H2,1-2H3/t20-/m0/s1. The Bertz CT molecular complexity index is 563. The number of rotatable bonds is 5. The largest absolute Gasteiger partial charge is 0.375 e.